The minimum absolute atomic E-state index is 0.320. The summed E-state index contributed by atoms with van der Waals surface area (Å²) in [7, 11) is -0.350. The standard InChI is InChI=1S/C16H20BNO2/c1-11-6-7-14-12(8-11)9-13(10-18-14)17-19-15(2,3)16(4,5)20-17/h6-10H,1-5H3. The normalized spacial score (nSPS) is 20.6. The molecule has 3 rings (SSSR count). The molecule has 4 heteroatoms. The molecular weight excluding hydrogens is 249 g/mol. The predicted octanol–water partition coefficient (Wildman–Crippen LogP) is 2.84. The van der Waals surface area contributed by atoms with Gasteiger partial charge < -0.3 is 9.31 Å². The van der Waals surface area contributed by atoms with Crippen molar-refractivity contribution in [1.29, 1.82) is 0 Å². The first-order valence-electron chi connectivity index (χ1n) is 7.00. The van der Waals surface area contributed by atoms with Crippen LogP contribution in [0.15, 0.2) is 30.5 Å². The minimum atomic E-state index is -0.350. The number of aryl methyl sites for hydroxylation is 1. The molecule has 1 aromatic carbocycles. The lowest BCUT2D eigenvalue weighted by Crippen LogP contribution is -2.41. The topological polar surface area (TPSA) is 31.4 Å². The number of fused-ring (bicyclic) bond motifs is 1. The Hall–Kier alpha value is -1.39. The van der Waals surface area contributed by atoms with Gasteiger partial charge in [0.1, 0.15) is 0 Å². The van der Waals surface area contributed by atoms with E-state index in [0.717, 1.165) is 16.4 Å². The number of nitrogens with zero attached hydrogens (tertiary/aromatic N) is 1. The van der Waals surface area contributed by atoms with Gasteiger partial charge in [-0.1, -0.05) is 17.7 Å². The van der Waals surface area contributed by atoms with Gasteiger partial charge in [-0.2, -0.15) is 0 Å². The molecule has 0 unspecified atom stereocenters. The van der Waals surface area contributed by atoms with E-state index in [1.165, 1.54) is 5.56 Å². The lowest BCUT2D eigenvalue weighted by Gasteiger charge is -2.32. The van der Waals surface area contributed by atoms with E-state index < -0.39 is 0 Å². The zero-order chi connectivity index (χ0) is 14.5. The maximum absolute atomic E-state index is 6.07. The first-order chi connectivity index (χ1) is 9.28. The van der Waals surface area contributed by atoms with Crippen molar-refractivity contribution < 1.29 is 9.31 Å². The molecule has 0 aliphatic carbocycles. The molecule has 20 heavy (non-hydrogen) atoms. The van der Waals surface area contributed by atoms with E-state index in [0.29, 0.717) is 0 Å². The Morgan fingerprint density at radius 3 is 2.30 bits per heavy atom. The number of benzene rings is 1. The average Bonchev–Trinajstić information content (AvgIpc) is 2.57. The molecule has 1 aliphatic heterocycles. The Bertz CT molecular complexity index is 651. The molecule has 0 N–H and O–H groups in total. The Kier molecular flexibility index (Phi) is 2.92. The summed E-state index contributed by atoms with van der Waals surface area (Å²) in [4.78, 5) is 4.50. The summed E-state index contributed by atoms with van der Waals surface area (Å²) < 4.78 is 12.1. The van der Waals surface area contributed by atoms with E-state index in [9.17, 15) is 0 Å². The molecule has 1 fully saturated rings. The van der Waals surface area contributed by atoms with Crippen molar-refractivity contribution in [2.24, 2.45) is 0 Å². The lowest BCUT2D eigenvalue weighted by atomic mass is 9.80. The minimum Gasteiger partial charge on any atom is -0.399 e. The van der Waals surface area contributed by atoms with Crippen molar-refractivity contribution in [2.75, 3.05) is 0 Å². The molecule has 0 radical (unpaired) electrons. The second kappa shape index (κ2) is 4.30. The van der Waals surface area contributed by atoms with Crippen LogP contribution in [-0.4, -0.2) is 23.3 Å². The lowest BCUT2D eigenvalue weighted by molar-refractivity contribution is 0.00578. The van der Waals surface area contributed by atoms with E-state index in [4.69, 9.17) is 9.31 Å². The monoisotopic (exact) mass is 269 g/mol. The average molecular weight is 269 g/mol. The van der Waals surface area contributed by atoms with Gasteiger partial charge in [-0.05, 0) is 46.8 Å². The molecule has 2 heterocycles. The molecule has 0 spiro atoms. The number of hydrogen-bond acceptors (Lipinski definition) is 3. The van der Waals surface area contributed by atoms with Crippen LogP contribution in [0.2, 0.25) is 0 Å². The summed E-state index contributed by atoms with van der Waals surface area (Å²) in [6.07, 6.45) is 1.85. The van der Waals surface area contributed by atoms with Gasteiger partial charge in [0.05, 0.1) is 16.7 Å². The fourth-order valence-electron chi connectivity index (χ4n) is 2.38. The Morgan fingerprint density at radius 2 is 1.65 bits per heavy atom. The smallest absolute Gasteiger partial charge is 0.399 e. The number of hydrogen-bond donors (Lipinski definition) is 0. The summed E-state index contributed by atoms with van der Waals surface area (Å²) in [5.41, 5.74) is 2.56. The van der Waals surface area contributed by atoms with Crippen LogP contribution in [0.4, 0.5) is 0 Å². The highest BCUT2D eigenvalue weighted by atomic mass is 16.7. The first kappa shape index (κ1) is 13.6. The van der Waals surface area contributed by atoms with Gasteiger partial charge in [-0.25, -0.2) is 0 Å². The molecule has 3 nitrogen and oxygen atoms in total. The van der Waals surface area contributed by atoms with Crippen LogP contribution in [0.3, 0.4) is 0 Å². The van der Waals surface area contributed by atoms with Crippen molar-refractivity contribution in [3.63, 3.8) is 0 Å². The van der Waals surface area contributed by atoms with Crippen molar-refractivity contribution in [3.05, 3.63) is 36.0 Å². The third kappa shape index (κ3) is 2.13. The van der Waals surface area contributed by atoms with Gasteiger partial charge in [-0.3, -0.25) is 4.98 Å². The van der Waals surface area contributed by atoms with Crippen LogP contribution in [0.25, 0.3) is 10.9 Å². The quantitative estimate of drug-likeness (QED) is 0.746. The largest absolute Gasteiger partial charge is 0.496 e. The second-order valence-corrected chi connectivity index (χ2v) is 6.55. The molecule has 0 saturated carbocycles. The summed E-state index contributed by atoms with van der Waals surface area (Å²) >= 11 is 0. The first-order valence-corrected chi connectivity index (χ1v) is 7.00. The van der Waals surface area contributed by atoms with E-state index in [1.807, 2.05) is 12.3 Å². The molecule has 0 bridgehead atoms. The maximum atomic E-state index is 6.07. The highest BCUT2D eigenvalue weighted by Gasteiger charge is 2.51. The van der Waals surface area contributed by atoms with Crippen molar-refractivity contribution >= 4 is 23.5 Å². The van der Waals surface area contributed by atoms with Crippen LogP contribution in [-0.2, 0) is 9.31 Å². The Morgan fingerprint density at radius 1 is 1.00 bits per heavy atom. The molecule has 1 saturated heterocycles. The Balaban J connectivity index is 2.00. The van der Waals surface area contributed by atoms with Crippen molar-refractivity contribution in [2.45, 2.75) is 45.8 Å². The third-order valence-electron chi connectivity index (χ3n) is 4.38. The summed E-state index contributed by atoms with van der Waals surface area (Å²) in [6.45, 7) is 10.3. The molecule has 0 amide bonds. The zero-order valence-corrected chi connectivity index (χ0v) is 12.7. The number of pyridine rings is 1. The van der Waals surface area contributed by atoms with Crippen molar-refractivity contribution in [1.82, 2.24) is 4.98 Å². The fraction of sp³-hybridized carbons (Fsp3) is 0.438. The van der Waals surface area contributed by atoms with E-state index in [2.05, 4.69) is 57.8 Å². The Labute approximate surface area is 120 Å². The van der Waals surface area contributed by atoms with Gasteiger partial charge in [0.15, 0.2) is 0 Å². The van der Waals surface area contributed by atoms with E-state index in [1.54, 1.807) is 0 Å². The molecule has 104 valence electrons. The molecule has 0 atom stereocenters. The summed E-state index contributed by atoms with van der Waals surface area (Å²) in [6, 6.07) is 8.36. The van der Waals surface area contributed by atoms with Gasteiger partial charge in [0, 0.05) is 17.0 Å². The highest BCUT2D eigenvalue weighted by Crippen LogP contribution is 2.36. The van der Waals surface area contributed by atoms with Crippen molar-refractivity contribution in [3.8, 4) is 0 Å². The van der Waals surface area contributed by atoms with Crippen LogP contribution in [0.1, 0.15) is 33.3 Å². The number of rotatable bonds is 1. The van der Waals surface area contributed by atoms with Gasteiger partial charge in [0.2, 0.25) is 0 Å². The SMILES string of the molecule is Cc1ccc2ncc(B3OC(C)(C)C(C)(C)O3)cc2c1. The van der Waals surface area contributed by atoms with Crippen LogP contribution < -0.4 is 5.46 Å². The summed E-state index contributed by atoms with van der Waals surface area (Å²) in [5.74, 6) is 0. The van der Waals surface area contributed by atoms with E-state index in [-0.39, 0.29) is 18.3 Å². The van der Waals surface area contributed by atoms with Crippen LogP contribution in [0.5, 0.6) is 0 Å². The maximum Gasteiger partial charge on any atom is 0.496 e. The molecule has 1 aliphatic rings. The molecule has 2 aromatic rings. The summed E-state index contributed by atoms with van der Waals surface area (Å²) in [5, 5.41) is 1.12. The van der Waals surface area contributed by atoms with E-state index >= 15 is 0 Å². The molecular formula is C16H20BNO2. The highest BCUT2D eigenvalue weighted by molar-refractivity contribution is 6.62. The molecule has 1 aromatic heterocycles. The fourth-order valence-corrected chi connectivity index (χ4v) is 2.38. The number of aromatic nitrogens is 1. The van der Waals surface area contributed by atoms with Gasteiger partial charge >= 0.3 is 7.12 Å². The van der Waals surface area contributed by atoms with Gasteiger partial charge in [0.25, 0.3) is 0 Å². The van der Waals surface area contributed by atoms with Gasteiger partial charge in [-0.15, -0.1) is 0 Å². The van der Waals surface area contributed by atoms with Crippen LogP contribution in [0, 0.1) is 6.92 Å². The predicted molar refractivity (Wildman–Crippen MR) is 82.2 cm³/mol. The van der Waals surface area contributed by atoms with Crippen LogP contribution >= 0.6 is 0 Å². The third-order valence-corrected chi connectivity index (χ3v) is 4.38. The second-order valence-electron chi connectivity index (χ2n) is 6.55. The zero-order valence-electron chi connectivity index (χ0n) is 12.7.